The number of nitrogens with zero attached hydrogens (tertiary/aromatic N) is 2. The van der Waals surface area contributed by atoms with E-state index in [9.17, 15) is 0 Å². The highest BCUT2D eigenvalue weighted by molar-refractivity contribution is 5.32. The van der Waals surface area contributed by atoms with Gasteiger partial charge in [0.2, 0.25) is 0 Å². The maximum atomic E-state index is 6.23. The number of hydrogen-bond acceptors (Lipinski definition) is 5. The highest BCUT2D eigenvalue weighted by Crippen LogP contribution is 2.37. The molecule has 0 radical (unpaired) electrons. The second-order valence-corrected chi connectivity index (χ2v) is 7.50. The van der Waals surface area contributed by atoms with Crippen LogP contribution in [0, 0.1) is 0 Å². The summed E-state index contributed by atoms with van der Waals surface area (Å²) < 4.78 is 11.3. The molecule has 5 heteroatoms. The summed E-state index contributed by atoms with van der Waals surface area (Å²) in [7, 11) is 0. The Morgan fingerprint density at radius 1 is 1.30 bits per heavy atom. The van der Waals surface area contributed by atoms with Gasteiger partial charge in [-0.1, -0.05) is 38.1 Å². The van der Waals surface area contributed by atoms with Crippen LogP contribution >= 0.6 is 0 Å². The number of ether oxygens (including phenoxy) is 1. The minimum atomic E-state index is -0.409. The first-order valence-corrected chi connectivity index (χ1v) is 8.18. The molecule has 0 saturated heterocycles. The fourth-order valence-electron chi connectivity index (χ4n) is 2.67. The molecular weight excluding hydrogens is 290 g/mol. The molecule has 0 amide bonds. The first kappa shape index (κ1) is 16.0. The molecule has 1 unspecified atom stereocenters. The van der Waals surface area contributed by atoms with Crippen LogP contribution in [0.15, 0.2) is 28.8 Å². The summed E-state index contributed by atoms with van der Waals surface area (Å²) in [5, 5.41) is 4.04. The summed E-state index contributed by atoms with van der Waals surface area (Å²) >= 11 is 0. The zero-order chi connectivity index (χ0) is 16.7. The van der Waals surface area contributed by atoms with Gasteiger partial charge in [0.05, 0.1) is 5.54 Å². The quantitative estimate of drug-likeness (QED) is 0.927. The van der Waals surface area contributed by atoms with Crippen LogP contribution < -0.4 is 10.5 Å². The molecule has 0 aliphatic heterocycles. The maximum Gasteiger partial charge on any atom is 0.267 e. The van der Waals surface area contributed by atoms with Crippen LogP contribution in [-0.2, 0) is 11.0 Å². The molecule has 1 aromatic heterocycles. The number of aromatic nitrogens is 2. The van der Waals surface area contributed by atoms with Crippen molar-refractivity contribution in [3.05, 3.63) is 41.5 Å². The number of rotatable bonds is 4. The molecule has 124 valence electrons. The van der Waals surface area contributed by atoms with Gasteiger partial charge < -0.3 is 15.0 Å². The van der Waals surface area contributed by atoms with Crippen molar-refractivity contribution in [2.75, 3.05) is 0 Å². The fraction of sp³-hybridized carbons (Fsp3) is 0.556. The van der Waals surface area contributed by atoms with Gasteiger partial charge in [0.25, 0.3) is 5.89 Å². The molecule has 0 bridgehead atoms. The third-order valence-corrected chi connectivity index (χ3v) is 4.49. The molecule has 1 heterocycles. The van der Waals surface area contributed by atoms with Gasteiger partial charge in [-0.15, -0.1) is 0 Å². The van der Waals surface area contributed by atoms with E-state index in [1.807, 2.05) is 19.1 Å². The Bertz CT molecular complexity index is 684. The molecule has 1 fully saturated rings. The predicted molar refractivity (Wildman–Crippen MR) is 88.2 cm³/mol. The maximum absolute atomic E-state index is 6.23. The van der Waals surface area contributed by atoms with Gasteiger partial charge in [0, 0.05) is 0 Å². The number of benzene rings is 1. The lowest BCUT2D eigenvalue weighted by atomic mass is 9.77. The van der Waals surface area contributed by atoms with Crippen LogP contribution in [0.25, 0.3) is 0 Å². The van der Waals surface area contributed by atoms with E-state index in [1.165, 1.54) is 5.56 Å². The predicted octanol–water partition coefficient (Wildman–Crippen LogP) is 3.85. The lowest BCUT2D eigenvalue weighted by Crippen LogP contribution is -2.44. The SMILES string of the molecule is CC(Oc1cccc(C(C)(C)C)c1)c1nc(C2(N)CCC2)no1. The molecule has 1 saturated carbocycles. The first-order chi connectivity index (χ1) is 10.8. The van der Waals surface area contributed by atoms with Crippen molar-refractivity contribution in [1.82, 2.24) is 10.1 Å². The van der Waals surface area contributed by atoms with E-state index in [1.54, 1.807) is 0 Å². The molecule has 23 heavy (non-hydrogen) atoms. The molecule has 0 spiro atoms. The lowest BCUT2D eigenvalue weighted by molar-refractivity contribution is 0.174. The van der Waals surface area contributed by atoms with E-state index < -0.39 is 5.54 Å². The normalized spacial score (nSPS) is 18.3. The summed E-state index contributed by atoms with van der Waals surface area (Å²) in [5.74, 6) is 1.87. The number of hydrogen-bond donors (Lipinski definition) is 1. The number of nitrogens with two attached hydrogens (primary N) is 1. The Hall–Kier alpha value is -1.88. The van der Waals surface area contributed by atoms with Crippen molar-refractivity contribution in [2.24, 2.45) is 5.73 Å². The Labute approximate surface area is 137 Å². The molecule has 5 nitrogen and oxygen atoms in total. The molecule has 2 N–H and O–H groups in total. The van der Waals surface area contributed by atoms with E-state index in [-0.39, 0.29) is 11.5 Å². The average molecular weight is 315 g/mol. The molecule has 1 aliphatic carbocycles. The van der Waals surface area contributed by atoms with Gasteiger partial charge >= 0.3 is 0 Å². The van der Waals surface area contributed by atoms with Crippen molar-refractivity contribution in [1.29, 1.82) is 0 Å². The molecule has 2 aromatic rings. The smallest absolute Gasteiger partial charge is 0.267 e. The standard InChI is InChI=1S/C18H25N3O2/c1-12(15-20-16(21-23-15)18(19)9-6-10-18)22-14-8-5-7-13(11-14)17(2,3)4/h5,7-8,11-12H,6,9-10,19H2,1-4H3. The Morgan fingerprint density at radius 3 is 2.65 bits per heavy atom. The highest BCUT2D eigenvalue weighted by atomic mass is 16.5. The van der Waals surface area contributed by atoms with Gasteiger partial charge in [-0.2, -0.15) is 4.98 Å². The van der Waals surface area contributed by atoms with Crippen molar-refractivity contribution in [3.63, 3.8) is 0 Å². The summed E-state index contributed by atoms with van der Waals surface area (Å²) in [6, 6.07) is 8.12. The zero-order valence-corrected chi connectivity index (χ0v) is 14.3. The van der Waals surface area contributed by atoms with E-state index in [2.05, 4.69) is 43.0 Å². The van der Waals surface area contributed by atoms with Crippen LogP contribution in [0.1, 0.15) is 70.3 Å². The molecule has 1 aliphatic rings. The second kappa shape index (κ2) is 5.64. The van der Waals surface area contributed by atoms with Gasteiger partial charge in [0.15, 0.2) is 11.9 Å². The second-order valence-electron chi connectivity index (χ2n) is 7.50. The third-order valence-electron chi connectivity index (χ3n) is 4.49. The topological polar surface area (TPSA) is 74.2 Å². The van der Waals surface area contributed by atoms with Crippen LogP contribution in [0.4, 0.5) is 0 Å². The van der Waals surface area contributed by atoms with Crippen molar-refractivity contribution in [2.45, 2.75) is 64.0 Å². The zero-order valence-electron chi connectivity index (χ0n) is 14.3. The fourth-order valence-corrected chi connectivity index (χ4v) is 2.67. The minimum Gasteiger partial charge on any atom is -0.481 e. The Kier molecular flexibility index (Phi) is 3.92. The summed E-state index contributed by atoms with van der Waals surface area (Å²) in [5.41, 5.74) is 7.13. The van der Waals surface area contributed by atoms with Gasteiger partial charge in [-0.05, 0) is 49.3 Å². The van der Waals surface area contributed by atoms with Crippen LogP contribution in [0.3, 0.4) is 0 Å². The average Bonchev–Trinajstić information content (AvgIpc) is 2.94. The summed E-state index contributed by atoms with van der Waals surface area (Å²) in [6.07, 6.45) is 2.63. The van der Waals surface area contributed by atoms with E-state index in [0.29, 0.717) is 11.7 Å². The lowest BCUT2D eigenvalue weighted by Gasteiger charge is -2.34. The summed E-state index contributed by atoms with van der Waals surface area (Å²) in [4.78, 5) is 4.44. The minimum absolute atomic E-state index is 0.0798. The van der Waals surface area contributed by atoms with E-state index in [0.717, 1.165) is 25.0 Å². The molecular formula is C18H25N3O2. The van der Waals surface area contributed by atoms with Crippen LogP contribution in [-0.4, -0.2) is 10.1 Å². The Balaban J connectivity index is 1.73. The van der Waals surface area contributed by atoms with Crippen LogP contribution in [0.5, 0.6) is 5.75 Å². The Morgan fingerprint density at radius 2 is 2.04 bits per heavy atom. The summed E-state index contributed by atoms with van der Waals surface area (Å²) in [6.45, 7) is 8.45. The van der Waals surface area contributed by atoms with Crippen molar-refractivity contribution < 1.29 is 9.26 Å². The molecule has 3 rings (SSSR count). The van der Waals surface area contributed by atoms with Crippen molar-refractivity contribution >= 4 is 0 Å². The molecule has 1 atom stereocenters. The van der Waals surface area contributed by atoms with Gasteiger partial charge in [-0.25, -0.2) is 0 Å². The van der Waals surface area contributed by atoms with Gasteiger partial charge in [-0.3, -0.25) is 0 Å². The largest absolute Gasteiger partial charge is 0.481 e. The van der Waals surface area contributed by atoms with Crippen LogP contribution in [0.2, 0.25) is 0 Å². The van der Waals surface area contributed by atoms with Gasteiger partial charge in [0.1, 0.15) is 5.75 Å². The first-order valence-electron chi connectivity index (χ1n) is 8.18. The van der Waals surface area contributed by atoms with Crippen molar-refractivity contribution in [3.8, 4) is 5.75 Å². The highest BCUT2D eigenvalue weighted by Gasteiger charge is 2.39. The van der Waals surface area contributed by atoms with E-state index >= 15 is 0 Å². The monoisotopic (exact) mass is 315 g/mol. The van der Waals surface area contributed by atoms with E-state index in [4.69, 9.17) is 15.0 Å². The molecule has 1 aromatic carbocycles. The third kappa shape index (κ3) is 3.24.